The highest BCUT2D eigenvalue weighted by Gasteiger charge is 2.56. The molecule has 3 nitrogen and oxygen atoms in total. The van der Waals surface area contributed by atoms with Crippen molar-refractivity contribution in [1.82, 2.24) is 0 Å². The maximum atomic E-state index is 12.9. The van der Waals surface area contributed by atoms with Gasteiger partial charge in [0.25, 0.3) is 0 Å². The Labute approximate surface area is 247 Å². The predicted octanol–water partition coefficient (Wildman–Crippen LogP) is 9.48. The molecule has 3 rings (SSSR count). The number of alkyl halides is 5. The molecule has 10 heteroatoms. The summed E-state index contributed by atoms with van der Waals surface area (Å²) < 4.78 is 74.4. The van der Waals surface area contributed by atoms with Crippen LogP contribution in [-0.4, -0.2) is 44.1 Å². The summed E-state index contributed by atoms with van der Waals surface area (Å²) in [4.78, 5) is 1.13. The molecule has 0 fully saturated rings. The first-order chi connectivity index (χ1) is 19.3. The summed E-state index contributed by atoms with van der Waals surface area (Å²) in [5, 5.41) is 19.8. The summed E-state index contributed by atoms with van der Waals surface area (Å²) in [5.74, 6) is -2.77. The third-order valence-corrected chi connectivity index (χ3v) is 11.0. The molecule has 0 aliphatic carbocycles. The molecule has 0 radical (unpaired) electrons. The standard InChI is InChI=1S/C31H41F5O3S2/c1-29(23-12-14-24(37)15-13-23)22-40-28-21-25(38)16-17-26(28)27(29)11-8-6-4-2-3-5-7-9-19-41(39)20-10-18-30(32,33)31(34,35)36/h12-17,21,27,37-38H,2-11,18-20,22H2,1H3. The van der Waals surface area contributed by atoms with Crippen LogP contribution in [0.4, 0.5) is 22.0 Å². The third kappa shape index (κ3) is 9.68. The number of hydrogen-bond donors (Lipinski definition) is 2. The molecular weight excluding hydrogens is 579 g/mol. The van der Waals surface area contributed by atoms with Crippen LogP contribution in [0.25, 0.3) is 0 Å². The fourth-order valence-corrected chi connectivity index (χ4v) is 8.18. The first kappa shape index (κ1) is 33.8. The van der Waals surface area contributed by atoms with Crippen LogP contribution in [0.2, 0.25) is 0 Å². The van der Waals surface area contributed by atoms with E-state index < -0.39 is 36.1 Å². The molecule has 41 heavy (non-hydrogen) atoms. The molecule has 0 bridgehead atoms. The van der Waals surface area contributed by atoms with Crippen molar-refractivity contribution in [2.45, 2.75) is 106 Å². The van der Waals surface area contributed by atoms with Gasteiger partial charge in [-0.05, 0) is 67.0 Å². The van der Waals surface area contributed by atoms with Gasteiger partial charge in [0, 0.05) is 22.5 Å². The number of phenolic OH excluding ortho intramolecular Hbond substituents is 2. The highest BCUT2D eigenvalue weighted by Crippen LogP contribution is 2.52. The minimum Gasteiger partial charge on any atom is -0.616 e. The van der Waals surface area contributed by atoms with Gasteiger partial charge in [-0.15, -0.1) is 11.8 Å². The first-order valence-corrected chi connectivity index (χ1v) is 16.9. The summed E-state index contributed by atoms with van der Waals surface area (Å²) in [6, 6.07) is 13.2. The number of thioether (sulfide) groups is 1. The SMILES string of the molecule is CC1(c2ccc(O)cc2)CSc2cc(O)ccc2C1CCCCCCCCCC[S+]([O-])CCCC(F)(F)C(F)(F)F. The quantitative estimate of drug-likeness (QED) is 0.111. The average Bonchev–Trinajstić information content (AvgIpc) is 2.90. The normalized spacial score (nSPS) is 20.1. The van der Waals surface area contributed by atoms with Crippen molar-refractivity contribution in [3.8, 4) is 11.5 Å². The van der Waals surface area contributed by atoms with Gasteiger partial charge in [-0.1, -0.05) is 74.8 Å². The Morgan fingerprint density at radius 3 is 2.02 bits per heavy atom. The van der Waals surface area contributed by atoms with Crippen LogP contribution in [0.3, 0.4) is 0 Å². The molecule has 2 N–H and O–H groups in total. The molecule has 1 aliphatic rings. The smallest absolute Gasteiger partial charge is 0.453 e. The molecule has 0 aromatic heterocycles. The maximum Gasteiger partial charge on any atom is 0.453 e. The number of benzene rings is 2. The van der Waals surface area contributed by atoms with Crippen LogP contribution in [-0.2, 0) is 16.6 Å². The Kier molecular flexibility index (Phi) is 12.5. The van der Waals surface area contributed by atoms with Gasteiger partial charge >= 0.3 is 12.1 Å². The first-order valence-electron chi connectivity index (χ1n) is 14.4. The van der Waals surface area contributed by atoms with Gasteiger partial charge in [-0.3, -0.25) is 0 Å². The van der Waals surface area contributed by atoms with E-state index in [-0.39, 0.29) is 22.7 Å². The number of hydrogen-bond acceptors (Lipinski definition) is 4. The highest BCUT2D eigenvalue weighted by atomic mass is 32.2. The number of phenols is 2. The van der Waals surface area contributed by atoms with Gasteiger partial charge in [0.2, 0.25) is 0 Å². The average molecular weight is 621 g/mol. The zero-order valence-electron chi connectivity index (χ0n) is 23.5. The molecule has 3 atom stereocenters. The van der Waals surface area contributed by atoms with Crippen molar-refractivity contribution in [2.24, 2.45) is 0 Å². The van der Waals surface area contributed by atoms with E-state index in [1.54, 1.807) is 30.0 Å². The van der Waals surface area contributed by atoms with Crippen LogP contribution >= 0.6 is 11.8 Å². The van der Waals surface area contributed by atoms with Gasteiger partial charge in [-0.25, -0.2) is 0 Å². The van der Waals surface area contributed by atoms with E-state index >= 15 is 0 Å². The Morgan fingerprint density at radius 1 is 0.829 bits per heavy atom. The van der Waals surface area contributed by atoms with Gasteiger partial charge in [0.15, 0.2) is 0 Å². The summed E-state index contributed by atoms with van der Waals surface area (Å²) >= 11 is 0.401. The van der Waals surface area contributed by atoms with Gasteiger partial charge in [0.1, 0.15) is 23.0 Å². The molecule has 0 spiro atoms. The Morgan fingerprint density at radius 2 is 1.39 bits per heavy atom. The molecule has 2 aromatic carbocycles. The predicted molar refractivity (Wildman–Crippen MR) is 157 cm³/mol. The van der Waals surface area contributed by atoms with Crippen molar-refractivity contribution in [2.75, 3.05) is 17.3 Å². The van der Waals surface area contributed by atoms with Crippen molar-refractivity contribution < 1.29 is 36.7 Å². The third-order valence-electron chi connectivity index (χ3n) is 8.09. The monoisotopic (exact) mass is 620 g/mol. The number of aromatic hydroxyl groups is 2. The van der Waals surface area contributed by atoms with Crippen molar-refractivity contribution in [1.29, 1.82) is 0 Å². The lowest BCUT2D eigenvalue weighted by molar-refractivity contribution is -0.284. The molecular formula is C31H41F5O3S2. The second-order valence-corrected chi connectivity index (χ2v) is 14.0. The topological polar surface area (TPSA) is 63.5 Å². The minimum absolute atomic E-state index is 0.0956. The molecule has 0 amide bonds. The van der Waals surface area contributed by atoms with E-state index in [9.17, 15) is 36.7 Å². The second kappa shape index (κ2) is 15.2. The largest absolute Gasteiger partial charge is 0.616 e. The van der Waals surface area contributed by atoms with Crippen LogP contribution in [0.15, 0.2) is 47.4 Å². The molecule has 0 saturated carbocycles. The molecule has 1 aliphatic heterocycles. The number of unbranched alkanes of at least 4 members (excludes halogenated alkanes) is 7. The number of halogens is 5. The van der Waals surface area contributed by atoms with Gasteiger partial charge < -0.3 is 14.8 Å². The maximum absolute atomic E-state index is 12.9. The molecule has 2 aromatic rings. The van der Waals surface area contributed by atoms with E-state index in [4.69, 9.17) is 0 Å². The fraction of sp³-hybridized carbons (Fsp3) is 0.613. The summed E-state index contributed by atoms with van der Waals surface area (Å²) in [6.07, 6.45) is 1.75. The molecule has 3 unspecified atom stereocenters. The Bertz CT molecular complexity index is 1080. The van der Waals surface area contributed by atoms with Gasteiger partial charge in [0.05, 0.1) is 0 Å². The minimum atomic E-state index is -5.55. The van der Waals surface area contributed by atoms with Crippen LogP contribution in [0.1, 0.15) is 94.6 Å². The summed E-state index contributed by atoms with van der Waals surface area (Å²) in [5.41, 5.74) is 2.37. The van der Waals surface area contributed by atoms with E-state index in [0.717, 1.165) is 62.0 Å². The summed E-state index contributed by atoms with van der Waals surface area (Å²) in [7, 11) is 0. The zero-order chi connectivity index (χ0) is 30.1. The lowest BCUT2D eigenvalue weighted by Crippen LogP contribution is -2.36. The number of rotatable bonds is 16. The van der Waals surface area contributed by atoms with Crippen LogP contribution in [0, 0.1) is 0 Å². The van der Waals surface area contributed by atoms with E-state index in [0.29, 0.717) is 18.1 Å². The van der Waals surface area contributed by atoms with Gasteiger partial charge in [-0.2, -0.15) is 22.0 Å². The zero-order valence-corrected chi connectivity index (χ0v) is 25.2. The lowest BCUT2D eigenvalue weighted by atomic mass is 9.68. The summed E-state index contributed by atoms with van der Waals surface area (Å²) in [6.45, 7) is 2.29. The van der Waals surface area contributed by atoms with E-state index in [1.807, 2.05) is 24.3 Å². The van der Waals surface area contributed by atoms with Crippen molar-refractivity contribution in [3.05, 3.63) is 53.6 Å². The lowest BCUT2D eigenvalue weighted by Gasteiger charge is -2.43. The van der Waals surface area contributed by atoms with Crippen molar-refractivity contribution >= 4 is 22.9 Å². The van der Waals surface area contributed by atoms with Crippen LogP contribution in [0.5, 0.6) is 11.5 Å². The fourth-order valence-electron chi connectivity index (χ4n) is 5.58. The Balaban J connectivity index is 1.34. The molecule has 0 saturated heterocycles. The second-order valence-electron chi connectivity index (χ2n) is 11.3. The Hall–Kier alpha value is -1.65. The van der Waals surface area contributed by atoms with Crippen molar-refractivity contribution in [3.63, 3.8) is 0 Å². The van der Waals surface area contributed by atoms with E-state index in [2.05, 4.69) is 6.92 Å². The molecule has 230 valence electrons. The van der Waals surface area contributed by atoms with E-state index in [1.165, 1.54) is 11.1 Å². The van der Waals surface area contributed by atoms with Crippen LogP contribution < -0.4 is 0 Å². The number of fused-ring (bicyclic) bond motifs is 1. The highest BCUT2D eigenvalue weighted by molar-refractivity contribution is 7.99. The molecule has 1 heterocycles.